The highest BCUT2D eigenvalue weighted by Gasteiger charge is 2.23. The molecule has 0 bridgehead atoms. The number of hydrogen-bond donors (Lipinski definition) is 0. The first-order valence-electron chi connectivity index (χ1n) is 10.8. The summed E-state index contributed by atoms with van der Waals surface area (Å²) >= 11 is 0. The van der Waals surface area contributed by atoms with E-state index in [1.807, 2.05) is 48.1 Å². The minimum absolute atomic E-state index is 0.0701. The molecule has 0 N–H and O–H groups in total. The third-order valence-electron chi connectivity index (χ3n) is 5.81. The Kier molecular flexibility index (Phi) is 6.84. The van der Waals surface area contributed by atoms with E-state index in [4.69, 9.17) is 14.6 Å². The third kappa shape index (κ3) is 4.89. The number of hydrogen-bond acceptors (Lipinski definition) is 5. The maximum atomic E-state index is 13.3. The van der Waals surface area contributed by atoms with Gasteiger partial charge in [-0.25, -0.2) is 0 Å². The minimum atomic E-state index is -0.0701. The van der Waals surface area contributed by atoms with E-state index >= 15 is 0 Å². The summed E-state index contributed by atoms with van der Waals surface area (Å²) in [5, 5.41) is 5.58. The molecule has 7 heteroatoms. The molecule has 2 heterocycles. The highest BCUT2D eigenvalue weighted by Crippen LogP contribution is 2.28. The van der Waals surface area contributed by atoms with Crippen LogP contribution in [0.3, 0.4) is 0 Å². The Morgan fingerprint density at radius 3 is 2.61 bits per heavy atom. The molecular formula is C24H30N4O3. The molecule has 1 aliphatic rings. The van der Waals surface area contributed by atoms with E-state index in [0.717, 1.165) is 55.9 Å². The van der Waals surface area contributed by atoms with Gasteiger partial charge in [-0.2, -0.15) is 5.10 Å². The van der Waals surface area contributed by atoms with Crippen molar-refractivity contribution < 1.29 is 14.3 Å². The summed E-state index contributed by atoms with van der Waals surface area (Å²) in [6.07, 6.45) is 0.808. The van der Waals surface area contributed by atoms with Crippen LogP contribution in [-0.2, 0) is 17.7 Å². The van der Waals surface area contributed by atoms with Crippen LogP contribution in [0.5, 0.6) is 5.75 Å². The predicted octanol–water partition coefficient (Wildman–Crippen LogP) is 2.69. The van der Waals surface area contributed by atoms with Gasteiger partial charge in [-0.1, -0.05) is 42.5 Å². The van der Waals surface area contributed by atoms with Crippen molar-refractivity contribution in [2.24, 2.45) is 0 Å². The molecule has 1 fully saturated rings. The lowest BCUT2D eigenvalue weighted by Gasteiger charge is -2.26. The Labute approximate surface area is 183 Å². The Balaban J connectivity index is 1.55. The second kappa shape index (κ2) is 9.94. The van der Waals surface area contributed by atoms with E-state index in [2.05, 4.69) is 17.0 Å². The quantitative estimate of drug-likeness (QED) is 0.559. The van der Waals surface area contributed by atoms with Gasteiger partial charge in [-0.05, 0) is 18.1 Å². The Hall–Kier alpha value is -2.90. The lowest BCUT2D eigenvalue weighted by molar-refractivity contribution is 0.0361. The molecular weight excluding hydrogens is 392 g/mol. The molecule has 1 aliphatic heterocycles. The van der Waals surface area contributed by atoms with E-state index in [9.17, 15) is 4.79 Å². The van der Waals surface area contributed by atoms with Gasteiger partial charge in [0.2, 0.25) is 0 Å². The van der Waals surface area contributed by atoms with Crippen LogP contribution in [0.4, 0.5) is 0 Å². The molecule has 3 aromatic rings. The van der Waals surface area contributed by atoms with Crippen LogP contribution in [0.25, 0.3) is 10.9 Å². The first kappa shape index (κ1) is 21.3. The fourth-order valence-corrected chi connectivity index (χ4v) is 3.97. The smallest absolute Gasteiger partial charge is 0.274 e. The lowest BCUT2D eigenvalue weighted by atomic mass is 10.1. The number of para-hydroxylation sites is 1. The largest absolute Gasteiger partial charge is 0.494 e. The number of benzene rings is 2. The molecule has 0 radical (unpaired) electrons. The first-order valence-corrected chi connectivity index (χ1v) is 10.8. The molecule has 1 aromatic heterocycles. The van der Waals surface area contributed by atoms with Gasteiger partial charge < -0.3 is 14.4 Å². The van der Waals surface area contributed by atoms with Crippen LogP contribution in [0, 0.1) is 0 Å². The van der Waals surface area contributed by atoms with Crippen molar-refractivity contribution in [3.05, 3.63) is 59.8 Å². The number of ether oxygens (including phenoxy) is 2. The third-order valence-corrected chi connectivity index (χ3v) is 5.81. The van der Waals surface area contributed by atoms with Crippen molar-refractivity contribution in [1.29, 1.82) is 0 Å². The van der Waals surface area contributed by atoms with Gasteiger partial charge in [-0.15, -0.1) is 0 Å². The van der Waals surface area contributed by atoms with Crippen LogP contribution in [0.1, 0.15) is 16.1 Å². The number of carbonyl (C=O) groups excluding carboxylic acids is 1. The molecule has 4 rings (SSSR count). The summed E-state index contributed by atoms with van der Waals surface area (Å²) in [4.78, 5) is 17.4. The number of methoxy groups -OCH3 is 1. The maximum Gasteiger partial charge on any atom is 0.274 e. The highest BCUT2D eigenvalue weighted by molar-refractivity contribution is 6.06. The van der Waals surface area contributed by atoms with Crippen LogP contribution >= 0.6 is 0 Å². The topological polar surface area (TPSA) is 59.8 Å². The van der Waals surface area contributed by atoms with Crippen molar-refractivity contribution in [3.8, 4) is 5.75 Å². The summed E-state index contributed by atoms with van der Waals surface area (Å²) in [6.45, 7) is 5.55. The summed E-state index contributed by atoms with van der Waals surface area (Å²) in [7, 11) is 3.49. The monoisotopic (exact) mass is 422 g/mol. The molecule has 0 saturated carbocycles. The number of aromatic nitrogens is 2. The summed E-state index contributed by atoms with van der Waals surface area (Å²) < 4.78 is 13.0. The molecule has 1 amide bonds. The van der Waals surface area contributed by atoms with Crippen molar-refractivity contribution in [3.63, 3.8) is 0 Å². The van der Waals surface area contributed by atoms with E-state index in [1.54, 1.807) is 12.0 Å². The maximum absolute atomic E-state index is 13.3. The predicted molar refractivity (Wildman–Crippen MR) is 121 cm³/mol. The zero-order valence-corrected chi connectivity index (χ0v) is 18.3. The number of likely N-dealkylation sites (N-methyl/N-ethyl adjacent to an activating group) is 1. The summed E-state index contributed by atoms with van der Waals surface area (Å²) in [6, 6.07) is 16.0. The Morgan fingerprint density at radius 2 is 1.87 bits per heavy atom. The normalized spacial score (nSPS) is 14.6. The number of morpholine rings is 1. The minimum Gasteiger partial charge on any atom is -0.494 e. The number of amides is 1. The second-order valence-electron chi connectivity index (χ2n) is 7.84. The SMILES string of the molecule is COc1cccc2c(C(=O)N(C)CCc3ccccc3)nn(CCN3CCOCC3)c12. The van der Waals surface area contributed by atoms with Crippen molar-refractivity contribution in [2.75, 3.05) is 53.6 Å². The van der Waals surface area contributed by atoms with Crippen LogP contribution in [-0.4, -0.2) is 79.0 Å². The van der Waals surface area contributed by atoms with Crippen molar-refractivity contribution in [2.45, 2.75) is 13.0 Å². The molecule has 0 spiro atoms. The molecule has 7 nitrogen and oxygen atoms in total. The molecule has 1 saturated heterocycles. The molecule has 0 atom stereocenters. The zero-order chi connectivity index (χ0) is 21.6. The first-order chi connectivity index (χ1) is 15.2. The van der Waals surface area contributed by atoms with Gasteiger partial charge in [0.1, 0.15) is 11.3 Å². The lowest BCUT2D eigenvalue weighted by Crippen LogP contribution is -2.38. The van der Waals surface area contributed by atoms with Crippen molar-refractivity contribution >= 4 is 16.8 Å². The van der Waals surface area contributed by atoms with Crippen molar-refractivity contribution in [1.82, 2.24) is 19.6 Å². The Morgan fingerprint density at radius 1 is 1.10 bits per heavy atom. The fourth-order valence-electron chi connectivity index (χ4n) is 3.97. The zero-order valence-electron chi connectivity index (χ0n) is 18.3. The molecule has 2 aromatic carbocycles. The molecule has 0 unspecified atom stereocenters. The average molecular weight is 423 g/mol. The number of rotatable bonds is 8. The number of carbonyl (C=O) groups is 1. The van der Waals surface area contributed by atoms with E-state index < -0.39 is 0 Å². The van der Waals surface area contributed by atoms with Gasteiger partial charge in [0, 0.05) is 38.6 Å². The standard InChI is InChI=1S/C24H30N4O3/c1-26(12-11-19-7-4-3-5-8-19)24(29)22-20-9-6-10-21(30-2)23(20)28(25-22)14-13-27-15-17-31-18-16-27/h3-10H,11-18H2,1-2H3. The number of fused-ring (bicyclic) bond motifs is 1. The molecule has 0 aliphatic carbocycles. The fraction of sp³-hybridized carbons (Fsp3) is 0.417. The van der Waals surface area contributed by atoms with Gasteiger partial charge in [0.15, 0.2) is 5.69 Å². The van der Waals surface area contributed by atoms with E-state index in [0.29, 0.717) is 18.8 Å². The van der Waals surface area contributed by atoms with Crippen LogP contribution < -0.4 is 4.74 Å². The van der Waals surface area contributed by atoms with E-state index in [-0.39, 0.29) is 5.91 Å². The second-order valence-corrected chi connectivity index (χ2v) is 7.84. The average Bonchev–Trinajstić information content (AvgIpc) is 3.21. The summed E-state index contributed by atoms with van der Waals surface area (Å²) in [5.41, 5.74) is 2.56. The Bertz CT molecular complexity index is 1010. The van der Waals surface area contributed by atoms with Crippen LogP contribution in [0.2, 0.25) is 0 Å². The van der Waals surface area contributed by atoms with Gasteiger partial charge in [-0.3, -0.25) is 14.4 Å². The van der Waals surface area contributed by atoms with E-state index in [1.165, 1.54) is 5.56 Å². The highest BCUT2D eigenvalue weighted by atomic mass is 16.5. The van der Waals surface area contributed by atoms with Gasteiger partial charge in [0.25, 0.3) is 5.91 Å². The van der Waals surface area contributed by atoms with Crippen LogP contribution in [0.15, 0.2) is 48.5 Å². The summed E-state index contributed by atoms with van der Waals surface area (Å²) in [5.74, 6) is 0.664. The van der Waals surface area contributed by atoms with Gasteiger partial charge >= 0.3 is 0 Å². The number of nitrogens with zero attached hydrogens (tertiary/aromatic N) is 4. The molecule has 31 heavy (non-hydrogen) atoms. The molecule has 164 valence electrons. The van der Waals surface area contributed by atoms with Gasteiger partial charge in [0.05, 0.1) is 26.9 Å².